The van der Waals surface area contributed by atoms with Crippen molar-refractivity contribution in [3.63, 3.8) is 0 Å². The van der Waals surface area contributed by atoms with Gasteiger partial charge in [0.25, 0.3) is 0 Å². The fraction of sp³-hybridized carbons (Fsp3) is 0.700. The molecule has 18 heavy (non-hydrogen) atoms. The lowest BCUT2D eigenvalue weighted by molar-refractivity contribution is 0.210. The van der Waals surface area contributed by atoms with Crippen LogP contribution in [0.2, 0.25) is 0 Å². The number of nitrogen functional groups attached to an aromatic ring is 1. The summed E-state index contributed by atoms with van der Waals surface area (Å²) in [6, 6.07) is 0.359. The van der Waals surface area contributed by atoms with Gasteiger partial charge in [0.05, 0.1) is 7.11 Å². The topological polar surface area (TPSA) is 98.4 Å². The summed E-state index contributed by atoms with van der Waals surface area (Å²) >= 11 is 0. The summed E-state index contributed by atoms with van der Waals surface area (Å²) < 4.78 is 10.4. The molecule has 0 unspecified atom stereocenters. The minimum absolute atomic E-state index is 0.163. The van der Waals surface area contributed by atoms with Gasteiger partial charge in [-0.25, -0.2) is 5.84 Å². The van der Waals surface area contributed by atoms with Gasteiger partial charge in [-0.2, -0.15) is 9.97 Å². The van der Waals surface area contributed by atoms with Crippen molar-refractivity contribution < 1.29 is 9.47 Å². The van der Waals surface area contributed by atoms with E-state index in [2.05, 4.69) is 39.1 Å². The van der Waals surface area contributed by atoms with E-state index < -0.39 is 0 Å². The summed E-state index contributed by atoms with van der Waals surface area (Å²) in [7, 11) is 1.47. The van der Waals surface area contributed by atoms with Gasteiger partial charge in [0, 0.05) is 6.54 Å². The number of hydrogen-bond acceptors (Lipinski definition) is 8. The predicted octanol–water partition coefficient (Wildman–Crippen LogP) is -0.114. The van der Waals surface area contributed by atoms with E-state index in [0.717, 1.165) is 19.6 Å². The number of nitrogens with one attached hydrogen (secondary N) is 1. The van der Waals surface area contributed by atoms with Gasteiger partial charge in [0.1, 0.15) is 6.61 Å². The number of rotatable bonds is 8. The minimum atomic E-state index is 0.163. The van der Waals surface area contributed by atoms with Crippen molar-refractivity contribution in [3.8, 4) is 12.0 Å². The Morgan fingerprint density at radius 3 is 2.39 bits per heavy atom. The maximum atomic E-state index is 5.45. The van der Waals surface area contributed by atoms with Crippen molar-refractivity contribution in [3.05, 3.63) is 0 Å². The normalized spacial score (nSPS) is 10.5. The Morgan fingerprint density at radius 1 is 1.17 bits per heavy atom. The first-order chi connectivity index (χ1) is 8.73. The molecule has 0 bridgehead atoms. The molecule has 0 amide bonds. The first-order valence-electron chi connectivity index (χ1n) is 5.85. The minimum Gasteiger partial charge on any atom is -0.467 e. The van der Waals surface area contributed by atoms with Crippen LogP contribution in [0.1, 0.15) is 13.8 Å². The zero-order valence-corrected chi connectivity index (χ0v) is 11.0. The molecule has 0 fully saturated rings. The highest BCUT2D eigenvalue weighted by atomic mass is 16.5. The van der Waals surface area contributed by atoms with Crippen LogP contribution < -0.4 is 20.7 Å². The molecule has 0 aliphatic rings. The molecule has 8 nitrogen and oxygen atoms in total. The van der Waals surface area contributed by atoms with Crippen LogP contribution in [0.15, 0.2) is 0 Å². The molecule has 0 aromatic carbocycles. The smallest absolute Gasteiger partial charge is 0.324 e. The third-order valence-corrected chi connectivity index (χ3v) is 2.44. The predicted molar refractivity (Wildman–Crippen MR) is 67.5 cm³/mol. The van der Waals surface area contributed by atoms with Crippen molar-refractivity contribution in [1.29, 1.82) is 0 Å². The van der Waals surface area contributed by atoms with Crippen LogP contribution in [0.3, 0.4) is 0 Å². The highest BCUT2D eigenvalue weighted by Crippen LogP contribution is 2.11. The fourth-order valence-corrected chi connectivity index (χ4v) is 1.36. The lowest BCUT2D eigenvalue weighted by Gasteiger charge is -2.17. The summed E-state index contributed by atoms with van der Waals surface area (Å²) in [5, 5.41) is 0. The largest absolute Gasteiger partial charge is 0.467 e. The first-order valence-corrected chi connectivity index (χ1v) is 5.85. The molecule has 0 atom stereocenters. The van der Waals surface area contributed by atoms with E-state index >= 15 is 0 Å². The molecular formula is C10H20N6O2. The Balaban J connectivity index is 2.55. The first kappa shape index (κ1) is 14.4. The molecule has 1 aromatic rings. The average molecular weight is 256 g/mol. The number of nitrogens with two attached hydrogens (primary N) is 1. The van der Waals surface area contributed by atoms with Gasteiger partial charge in [0.15, 0.2) is 0 Å². The second-order valence-corrected chi connectivity index (χ2v) is 3.45. The summed E-state index contributed by atoms with van der Waals surface area (Å²) in [4.78, 5) is 14.0. The third kappa shape index (κ3) is 4.30. The highest BCUT2D eigenvalue weighted by Gasteiger charge is 2.07. The van der Waals surface area contributed by atoms with E-state index in [1.54, 1.807) is 0 Å². The molecule has 8 heteroatoms. The molecule has 1 rings (SSSR count). The van der Waals surface area contributed by atoms with Crippen molar-refractivity contribution >= 4 is 5.95 Å². The number of nitrogens with zero attached hydrogens (tertiary/aromatic N) is 4. The van der Waals surface area contributed by atoms with Gasteiger partial charge < -0.3 is 14.4 Å². The molecule has 0 aliphatic carbocycles. The molecule has 0 spiro atoms. The summed E-state index contributed by atoms with van der Waals surface area (Å²) in [6.45, 7) is 7.48. The second kappa shape index (κ2) is 7.62. The number of likely N-dealkylation sites (N-methyl/N-ethyl adjacent to an activating group) is 1. The molecule has 0 radical (unpaired) electrons. The molecule has 1 aromatic heterocycles. The van der Waals surface area contributed by atoms with E-state index in [4.69, 9.17) is 15.3 Å². The molecule has 102 valence electrons. The van der Waals surface area contributed by atoms with E-state index in [-0.39, 0.29) is 18.0 Å². The number of ether oxygens (including phenoxy) is 2. The maximum absolute atomic E-state index is 5.45. The number of methoxy groups -OCH3 is 1. The van der Waals surface area contributed by atoms with Crippen LogP contribution >= 0.6 is 0 Å². The zero-order chi connectivity index (χ0) is 13.4. The van der Waals surface area contributed by atoms with Gasteiger partial charge in [-0.15, -0.1) is 4.98 Å². The van der Waals surface area contributed by atoms with Gasteiger partial charge in [-0.3, -0.25) is 5.43 Å². The SMILES string of the molecule is CCN(CC)CCOc1nc(NN)nc(OC)n1. The standard InChI is InChI=1S/C10H20N6O2/c1-4-16(5-2)6-7-18-10-13-8(15-11)12-9(14-10)17-3/h4-7,11H2,1-3H3,(H,12,13,14,15). The van der Waals surface area contributed by atoms with Gasteiger partial charge in [0.2, 0.25) is 5.95 Å². The number of aromatic nitrogens is 3. The average Bonchev–Trinajstić information content (AvgIpc) is 2.43. The molecule has 1 heterocycles. The molecule has 0 saturated heterocycles. The molecular weight excluding hydrogens is 236 g/mol. The lowest BCUT2D eigenvalue weighted by atomic mass is 10.5. The summed E-state index contributed by atoms with van der Waals surface area (Å²) in [5.41, 5.74) is 2.33. The Morgan fingerprint density at radius 2 is 1.83 bits per heavy atom. The number of hydrogen-bond donors (Lipinski definition) is 2. The van der Waals surface area contributed by atoms with Crippen molar-refractivity contribution in [1.82, 2.24) is 19.9 Å². The van der Waals surface area contributed by atoms with Gasteiger partial charge in [-0.1, -0.05) is 13.8 Å². The van der Waals surface area contributed by atoms with Gasteiger partial charge in [-0.05, 0) is 13.1 Å². The molecule has 0 aliphatic heterocycles. The Bertz CT molecular complexity index is 336. The molecule has 0 saturated carbocycles. The van der Waals surface area contributed by atoms with E-state index in [1.807, 2.05) is 0 Å². The molecule has 3 N–H and O–H groups in total. The number of hydrazine groups is 1. The highest BCUT2D eigenvalue weighted by molar-refractivity contribution is 5.25. The maximum Gasteiger partial charge on any atom is 0.324 e. The van der Waals surface area contributed by atoms with Crippen LogP contribution in [0.4, 0.5) is 5.95 Å². The fourth-order valence-electron chi connectivity index (χ4n) is 1.36. The van der Waals surface area contributed by atoms with Crippen molar-refractivity contribution in [2.75, 3.05) is 38.8 Å². The van der Waals surface area contributed by atoms with Gasteiger partial charge >= 0.3 is 12.0 Å². The monoisotopic (exact) mass is 256 g/mol. The van der Waals surface area contributed by atoms with Crippen LogP contribution in [0.25, 0.3) is 0 Å². The Labute approximate surface area is 106 Å². The van der Waals surface area contributed by atoms with E-state index in [9.17, 15) is 0 Å². The zero-order valence-electron chi connectivity index (χ0n) is 11.0. The number of anilines is 1. The Kier molecular flexibility index (Phi) is 6.09. The van der Waals surface area contributed by atoms with Crippen LogP contribution in [-0.2, 0) is 0 Å². The third-order valence-electron chi connectivity index (χ3n) is 2.44. The Hall–Kier alpha value is -1.67. The van der Waals surface area contributed by atoms with Crippen LogP contribution in [0.5, 0.6) is 12.0 Å². The van der Waals surface area contributed by atoms with Crippen molar-refractivity contribution in [2.24, 2.45) is 5.84 Å². The van der Waals surface area contributed by atoms with Crippen molar-refractivity contribution in [2.45, 2.75) is 13.8 Å². The summed E-state index contributed by atoms with van der Waals surface area (Å²) in [6.07, 6.45) is 0. The van der Waals surface area contributed by atoms with E-state index in [1.165, 1.54) is 7.11 Å². The second-order valence-electron chi connectivity index (χ2n) is 3.45. The quantitative estimate of drug-likeness (QED) is 0.491. The van der Waals surface area contributed by atoms with E-state index in [0.29, 0.717) is 6.61 Å². The lowest BCUT2D eigenvalue weighted by Crippen LogP contribution is -2.28. The summed E-state index contributed by atoms with van der Waals surface area (Å²) in [5.74, 6) is 5.45. The van der Waals surface area contributed by atoms with Crippen LogP contribution in [-0.4, -0.2) is 53.2 Å². The van der Waals surface area contributed by atoms with Crippen LogP contribution in [0, 0.1) is 0 Å².